The van der Waals surface area contributed by atoms with Crippen molar-refractivity contribution in [2.75, 3.05) is 5.73 Å². The molecule has 0 bridgehead atoms. The molecule has 0 saturated heterocycles. The van der Waals surface area contributed by atoms with Gasteiger partial charge in [0.25, 0.3) is 0 Å². The number of aromatic nitrogens is 3. The first-order valence-corrected chi connectivity index (χ1v) is 5.14. The molecule has 0 aliphatic carbocycles. The van der Waals surface area contributed by atoms with Crippen LogP contribution in [0.25, 0.3) is 17.0 Å². The summed E-state index contributed by atoms with van der Waals surface area (Å²) in [4.78, 5) is 0. The maximum absolute atomic E-state index is 9.45. The topological polar surface area (TPSA) is 76.4 Å². The fourth-order valence-corrected chi connectivity index (χ4v) is 1.75. The summed E-state index contributed by atoms with van der Waals surface area (Å²) in [6.45, 7) is 0. The van der Waals surface area contributed by atoms with Crippen molar-refractivity contribution in [3.8, 4) is 17.1 Å². The normalized spacial score (nSPS) is 10.8. The van der Waals surface area contributed by atoms with Crippen LogP contribution in [-0.4, -0.2) is 19.7 Å². The van der Waals surface area contributed by atoms with Gasteiger partial charge in [-0.2, -0.15) is 0 Å². The molecule has 0 atom stereocenters. The lowest BCUT2D eigenvalue weighted by Crippen LogP contribution is -1.91. The molecule has 0 aliphatic rings. The SMILES string of the molecule is Nc1ccn2c(-c3cccc(O)c3)nnc2c1. The zero-order valence-electron chi connectivity index (χ0n) is 8.91. The van der Waals surface area contributed by atoms with Crippen molar-refractivity contribution in [1.29, 1.82) is 0 Å². The molecule has 0 radical (unpaired) electrons. The Bertz CT molecular complexity index is 690. The van der Waals surface area contributed by atoms with Gasteiger partial charge < -0.3 is 10.8 Å². The molecule has 1 aromatic carbocycles. The minimum atomic E-state index is 0.203. The first kappa shape index (κ1) is 9.65. The van der Waals surface area contributed by atoms with Gasteiger partial charge in [0.05, 0.1) is 0 Å². The quantitative estimate of drug-likeness (QED) is 0.662. The van der Waals surface area contributed by atoms with E-state index in [0.29, 0.717) is 17.2 Å². The van der Waals surface area contributed by atoms with E-state index in [2.05, 4.69) is 10.2 Å². The first-order valence-electron chi connectivity index (χ1n) is 5.14. The lowest BCUT2D eigenvalue weighted by atomic mass is 10.2. The molecule has 5 heteroatoms. The molecule has 2 aromatic heterocycles. The highest BCUT2D eigenvalue weighted by atomic mass is 16.3. The molecule has 17 heavy (non-hydrogen) atoms. The summed E-state index contributed by atoms with van der Waals surface area (Å²) in [6, 6.07) is 10.4. The van der Waals surface area contributed by atoms with Crippen molar-refractivity contribution in [3.63, 3.8) is 0 Å². The Kier molecular flexibility index (Phi) is 1.98. The largest absolute Gasteiger partial charge is 0.508 e. The van der Waals surface area contributed by atoms with E-state index in [-0.39, 0.29) is 5.75 Å². The number of benzene rings is 1. The summed E-state index contributed by atoms with van der Waals surface area (Å²) >= 11 is 0. The van der Waals surface area contributed by atoms with Gasteiger partial charge in [0.15, 0.2) is 11.5 Å². The molecule has 5 nitrogen and oxygen atoms in total. The molecule has 3 aromatic rings. The monoisotopic (exact) mass is 226 g/mol. The van der Waals surface area contributed by atoms with E-state index in [9.17, 15) is 5.11 Å². The standard InChI is InChI=1S/C12H10N4O/c13-9-4-5-16-11(7-9)14-15-12(16)8-2-1-3-10(17)6-8/h1-7,17H,13H2. The summed E-state index contributed by atoms with van der Waals surface area (Å²) < 4.78 is 1.82. The van der Waals surface area contributed by atoms with E-state index in [1.165, 1.54) is 0 Å². The van der Waals surface area contributed by atoms with Crippen LogP contribution in [-0.2, 0) is 0 Å². The van der Waals surface area contributed by atoms with Crippen molar-refractivity contribution in [3.05, 3.63) is 42.6 Å². The van der Waals surface area contributed by atoms with E-state index in [1.807, 2.05) is 16.7 Å². The van der Waals surface area contributed by atoms with Gasteiger partial charge in [0, 0.05) is 23.5 Å². The van der Waals surface area contributed by atoms with Gasteiger partial charge in [-0.1, -0.05) is 12.1 Å². The highest BCUT2D eigenvalue weighted by molar-refractivity contribution is 5.63. The van der Waals surface area contributed by atoms with E-state index in [4.69, 9.17) is 5.73 Å². The zero-order valence-corrected chi connectivity index (χ0v) is 8.91. The molecular formula is C12H10N4O. The van der Waals surface area contributed by atoms with Crippen LogP contribution in [0.4, 0.5) is 5.69 Å². The number of anilines is 1. The zero-order chi connectivity index (χ0) is 11.8. The average molecular weight is 226 g/mol. The average Bonchev–Trinajstić information content (AvgIpc) is 2.71. The highest BCUT2D eigenvalue weighted by Crippen LogP contribution is 2.22. The second-order valence-electron chi connectivity index (χ2n) is 3.76. The fourth-order valence-electron chi connectivity index (χ4n) is 1.75. The number of nitrogens with two attached hydrogens (primary N) is 1. The number of pyridine rings is 1. The van der Waals surface area contributed by atoms with Crippen molar-refractivity contribution < 1.29 is 5.11 Å². The predicted molar refractivity (Wildman–Crippen MR) is 64.5 cm³/mol. The Balaban J connectivity index is 2.24. The number of rotatable bonds is 1. The van der Waals surface area contributed by atoms with Gasteiger partial charge >= 0.3 is 0 Å². The number of hydrogen-bond acceptors (Lipinski definition) is 4. The minimum absolute atomic E-state index is 0.203. The van der Waals surface area contributed by atoms with E-state index in [1.54, 1.807) is 30.3 Å². The predicted octanol–water partition coefficient (Wildman–Crippen LogP) is 1.68. The van der Waals surface area contributed by atoms with Crippen LogP contribution in [0, 0.1) is 0 Å². The lowest BCUT2D eigenvalue weighted by Gasteiger charge is -2.01. The molecule has 2 heterocycles. The molecule has 0 fully saturated rings. The number of nitrogens with zero attached hydrogens (tertiary/aromatic N) is 3. The number of nitrogen functional groups attached to an aromatic ring is 1. The van der Waals surface area contributed by atoms with Gasteiger partial charge in [-0.25, -0.2) is 0 Å². The molecule has 0 saturated carbocycles. The van der Waals surface area contributed by atoms with Crippen LogP contribution in [0.3, 0.4) is 0 Å². The summed E-state index contributed by atoms with van der Waals surface area (Å²) in [5, 5.41) is 17.6. The molecule has 0 amide bonds. The van der Waals surface area contributed by atoms with Crippen LogP contribution in [0.15, 0.2) is 42.6 Å². The second-order valence-corrected chi connectivity index (χ2v) is 3.76. The van der Waals surface area contributed by atoms with E-state index >= 15 is 0 Å². The van der Waals surface area contributed by atoms with Gasteiger partial charge in [0.2, 0.25) is 0 Å². The molecule has 0 unspecified atom stereocenters. The summed E-state index contributed by atoms with van der Waals surface area (Å²) in [5.41, 5.74) is 7.81. The number of phenols is 1. The van der Waals surface area contributed by atoms with Crippen LogP contribution in [0.5, 0.6) is 5.75 Å². The van der Waals surface area contributed by atoms with Crippen LogP contribution < -0.4 is 5.73 Å². The Morgan fingerprint density at radius 2 is 2.00 bits per heavy atom. The van der Waals surface area contributed by atoms with Gasteiger partial charge in [-0.15, -0.1) is 10.2 Å². The third-order valence-corrected chi connectivity index (χ3v) is 2.54. The second kappa shape index (κ2) is 3.48. The van der Waals surface area contributed by atoms with Gasteiger partial charge in [-0.3, -0.25) is 4.40 Å². The first-order chi connectivity index (χ1) is 8.24. The molecule has 3 N–H and O–H groups in total. The Labute approximate surface area is 97.1 Å². The summed E-state index contributed by atoms with van der Waals surface area (Å²) in [6.07, 6.45) is 1.81. The summed E-state index contributed by atoms with van der Waals surface area (Å²) in [5.74, 6) is 0.880. The minimum Gasteiger partial charge on any atom is -0.508 e. The molecule has 0 aliphatic heterocycles. The maximum Gasteiger partial charge on any atom is 0.168 e. The smallest absolute Gasteiger partial charge is 0.168 e. The highest BCUT2D eigenvalue weighted by Gasteiger charge is 2.08. The molecular weight excluding hydrogens is 216 g/mol. The summed E-state index contributed by atoms with van der Waals surface area (Å²) in [7, 11) is 0. The molecule has 3 rings (SSSR count). The van der Waals surface area contributed by atoms with Crippen LogP contribution in [0.2, 0.25) is 0 Å². The Morgan fingerprint density at radius 3 is 2.82 bits per heavy atom. The van der Waals surface area contributed by atoms with Crippen molar-refractivity contribution >= 4 is 11.3 Å². The van der Waals surface area contributed by atoms with E-state index in [0.717, 1.165) is 5.56 Å². The molecule has 0 spiro atoms. The van der Waals surface area contributed by atoms with Crippen molar-refractivity contribution in [2.24, 2.45) is 0 Å². The van der Waals surface area contributed by atoms with E-state index < -0.39 is 0 Å². The lowest BCUT2D eigenvalue weighted by molar-refractivity contribution is 0.475. The number of hydrogen-bond donors (Lipinski definition) is 2. The Hall–Kier alpha value is -2.56. The number of fused-ring (bicyclic) bond motifs is 1. The number of phenolic OH excluding ortho intramolecular Hbond substituents is 1. The van der Waals surface area contributed by atoms with Crippen LogP contribution >= 0.6 is 0 Å². The molecule has 84 valence electrons. The maximum atomic E-state index is 9.45. The Morgan fingerprint density at radius 1 is 1.12 bits per heavy atom. The van der Waals surface area contributed by atoms with Crippen molar-refractivity contribution in [1.82, 2.24) is 14.6 Å². The van der Waals surface area contributed by atoms with Crippen molar-refractivity contribution in [2.45, 2.75) is 0 Å². The van der Waals surface area contributed by atoms with Crippen LogP contribution in [0.1, 0.15) is 0 Å². The third kappa shape index (κ3) is 1.57. The third-order valence-electron chi connectivity index (χ3n) is 2.54. The number of aromatic hydroxyl groups is 1. The van der Waals surface area contributed by atoms with Gasteiger partial charge in [-0.05, 0) is 18.2 Å². The van der Waals surface area contributed by atoms with Gasteiger partial charge in [0.1, 0.15) is 5.75 Å². The fraction of sp³-hybridized carbons (Fsp3) is 0.